The number of carboxylic acid groups (broad SMARTS) is 1. The van der Waals surface area contributed by atoms with Gasteiger partial charge in [0.25, 0.3) is 0 Å². The number of phenols is 1. The number of amides is 2. The minimum atomic E-state index is -1.19. The van der Waals surface area contributed by atoms with Gasteiger partial charge in [-0.15, -0.1) is 0 Å². The van der Waals surface area contributed by atoms with Crippen LogP contribution in [-0.4, -0.2) is 46.6 Å². The van der Waals surface area contributed by atoms with Gasteiger partial charge in [0.2, 0.25) is 11.8 Å². The number of hydrogen-bond donors (Lipinski definition) is 5. The van der Waals surface area contributed by atoms with E-state index < -0.39 is 36.4 Å². The molecule has 8 nitrogen and oxygen atoms in total. The lowest BCUT2D eigenvalue weighted by Crippen LogP contribution is -2.53. The lowest BCUT2D eigenvalue weighted by molar-refractivity contribution is -0.138. The Morgan fingerprint density at radius 1 is 0.893 bits per heavy atom. The number of carboxylic acids is 1. The number of nitrogens with two attached hydrogens (primary N) is 1. The van der Waals surface area contributed by atoms with E-state index in [9.17, 15) is 19.5 Å². The highest BCUT2D eigenvalue weighted by atomic mass is 16.4. The Morgan fingerprint density at radius 3 is 2.11 bits per heavy atom. The first kappa shape index (κ1) is 20.9. The summed E-state index contributed by atoms with van der Waals surface area (Å²) >= 11 is 0. The summed E-state index contributed by atoms with van der Waals surface area (Å²) in [5.41, 5.74) is 7.53. The van der Waals surface area contributed by atoms with Crippen molar-refractivity contribution >= 4 is 17.8 Å². The highest BCUT2D eigenvalue weighted by Crippen LogP contribution is 2.12. The fourth-order valence-electron chi connectivity index (χ4n) is 2.60. The lowest BCUT2D eigenvalue weighted by Gasteiger charge is -2.20. The Labute approximate surface area is 162 Å². The van der Waals surface area contributed by atoms with Crippen LogP contribution in [0.4, 0.5) is 0 Å². The molecule has 0 aliphatic heterocycles. The molecule has 2 rings (SSSR count). The third-order valence-electron chi connectivity index (χ3n) is 4.06. The molecule has 0 fully saturated rings. The summed E-state index contributed by atoms with van der Waals surface area (Å²) in [6.45, 7) is -0.559. The van der Waals surface area contributed by atoms with Crippen LogP contribution in [0.3, 0.4) is 0 Å². The number of rotatable bonds is 9. The largest absolute Gasteiger partial charge is 0.508 e. The van der Waals surface area contributed by atoms with E-state index in [4.69, 9.17) is 10.8 Å². The molecular weight excluding hydrogens is 362 g/mol. The van der Waals surface area contributed by atoms with Crippen molar-refractivity contribution in [2.45, 2.75) is 24.9 Å². The van der Waals surface area contributed by atoms with Crippen LogP contribution in [0.25, 0.3) is 0 Å². The van der Waals surface area contributed by atoms with Gasteiger partial charge in [-0.3, -0.25) is 14.4 Å². The number of hydrogen-bond acceptors (Lipinski definition) is 5. The Balaban J connectivity index is 2.06. The number of aromatic hydroxyl groups is 1. The summed E-state index contributed by atoms with van der Waals surface area (Å²) in [4.78, 5) is 35.5. The molecule has 0 aliphatic carbocycles. The third kappa shape index (κ3) is 6.73. The lowest BCUT2D eigenvalue weighted by atomic mass is 10.0. The Hall–Kier alpha value is -3.39. The highest BCUT2D eigenvalue weighted by Gasteiger charge is 2.24. The summed E-state index contributed by atoms with van der Waals surface area (Å²) < 4.78 is 0. The zero-order valence-electron chi connectivity index (χ0n) is 15.2. The number of carbonyl (C=O) groups is 3. The molecule has 148 valence electrons. The zero-order valence-corrected chi connectivity index (χ0v) is 15.2. The van der Waals surface area contributed by atoms with Gasteiger partial charge in [0, 0.05) is 6.42 Å². The molecule has 0 bridgehead atoms. The van der Waals surface area contributed by atoms with E-state index in [0.29, 0.717) is 12.0 Å². The molecule has 0 saturated carbocycles. The Bertz CT molecular complexity index is 808. The maximum atomic E-state index is 12.5. The predicted molar refractivity (Wildman–Crippen MR) is 103 cm³/mol. The summed E-state index contributed by atoms with van der Waals surface area (Å²) in [5.74, 6) is -2.26. The Morgan fingerprint density at radius 2 is 1.50 bits per heavy atom. The van der Waals surface area contributed by atoms with Gasteiger partial charge in [-0.2, -0.15) is 0 Å². The molecule has 28 heavy (non-hydrogen) atoms. The van der Waals surface area contributed by atoms with Crippen LogP contribution in [0.5, 0.6) is 5.75 Å². The Kier molecular flexibility index (Phi) is 7.53. The molecule has 8 heteroatoms. The van der Waals surface area contributed by atoms with Gasteiger partial charge in [0.05, 0.1) is 6.04 Å². The molecular formula is C20H23N3O5. The van der Waals surface area contributed by atoms with Gasteiger partial charge in [-0.1, -0.05) is 42.5 Å². The first-order valence-electron chi connectivity index (χ1n) is 8.72. The fourth-order valence-corrected chi connectivity index (χ4v) is 2.60. The second-order valence-corrected chi connectivity index (χ2v) is 6.34. The van der Waals surface area contributed by atoms with Gasteiger partial charge in [-0.05, 0) is 29.7 Å². The SMILES string of the molecule is NC(Cc1ccccc1)C(=O)NC(Cc1ccc(O)cc1)C(=O)NCC(=O)O. The van der Waals surface area contributed by atoms with Gasteiger partial charge in [-0.25, -0.2) is 0 Å². The van der Waals surface area contributed by atoms with Crippen LogP contribution in [-0.2, 0) is 27.2 Å². The van der Waals surface area contributed by atoms with Crippen molar-refractivity contribution in [1.82, 2.24) is 10.6 Å². The molecule has 2 aromatic carbocycles. The standard InChI is InChI=1S/C20H23N3O5/c21-16(10-13-4-2-1-3-5-13)19(27)23-17(20(28)22-12-18(25)26)11-14-6-8-15(24)9-7-14/h1-9,16-17,24H,10-12,21H2,(H,22,28)(H,23,27)(H,25,26). The second-order valence-electron chi connectivity index (χ2n) is 6.34. The van der Waals surface area contributed by atoms with Crippen molar-refractivity contribution in [3.8, 4) is 5.75 Å². The van der Waals surface area contributed by atoms with Gasteiger partial charge >= 0.3 is 5.97 Å². The predicted octanol–water partition coefficient (Wildman–Crippen LogP) is 0.190. The van der Waals surface area contributed by atoms with Crippen molar-refractivity contribution in [2.75, 3.05) is 6.54 Å². The molecule has 0 saturated heterocycles. The van der Waals surface area contributed by atoms with Gasteiger partial charge < -0.3 is 26.6 Å². The van der Waals surface area contributed by atoms with E-state index >= 15 is 0 Å². The highest BCUT2D eigenvalue weighted by molar-refractivity contribution is 5.91. The van der Waals surface area contributed by atoms with Crippen molar-refractivity contribution in [3.05, 3.63) is 65.7 Å². The van der Waals surface area contributed by atoms with Crippen LogP contribution in [0, 0.1) is 0 Å². The third-order valence-corrected chi connectivity index (χ3v) is 4.06. The van der Waals surface area contributed by atoms with Crippen LogP contribution < -0.4 is 16.4 Å². The van der Waals surface area contributed by atoms with Crippen LogP contribution in [0.2, 0.25) is 0 Å². The molecule has 2 aromatic rings. The van der Waals surface area contributed by atoms with E-state index in [1.165, 1.54) is 12.1 Å². The first-order chi connectivity index (χ1) is 13.3. The fraction of sp³-hybridized carbons (Fsp3) is 0.250. The molecule has 0 spiro atoms. The molecule has 6 N–H and O–H groups in total. The molecule has 0 heterocycles. The van der Waals surface area contributed by atoms with Crippen molar-refractivity contribution in [1.29, 1.82) is 0 Å². The van der Waals surface area contributed by atoms with Gasteiger partial charge in [0.1, 0.15) is 18.3 Å². The minimum absolute atomic E-state index is 0.0737. The quantitative estimate of drug-likeness (QED) is 0.417. The van der Waals surface area contributed by atoms with Crippen LogP contribution >= 0.6 is 0 Å². The van der Waals surface area contributed by atoms with E-state index in [1.54, 1.807) is 12.1 Å². The molecule has 2 amide bonds. The molecule has 2 unspecified atom stereocenters. The van der Waals surface area contributed by atoms with Crippen molar-refractivity contribution in [3.63, 3.8) is 0 Å². The van der Waals surface area contributed by atoms with Crippen LogP contribution in [0.1, 0.15) is 11.1 Å². The summed E-state index contributed by atoms with van der Waals surface area (Å²) in [7, 11) is 0. The molecule has 2 atom stereocenters. The van der Waals surface area contributed by atoms with Crippen molar-refractivity contribution in [2.24, 2.45) is 5.73 Å². The van der Waals surface area contributed by atoms with Gasteiger partial charge in [0.15, 0.2) is 0 Å². The summed E-state index contributed by atoms with van der Waals surface area (Å²) in [6.07, 6.45) is 0.422. The average Bonchev–Trinajstić information content (AvgIpc) is 2.67. The number of benzene rings is 2. The van der Waals surface area contributed by atoms with E-state index in [0.717, 1.165) is 5.56 Å². The number of carbonyl (C=O) groups excluding carboxylic acids is 2. The normalized spacial score (nSPS) is 12.6. The molecule has 0 aromatic heterocycles. The maximum absolute atomic E-state index is 12.5. The topological polar surface area (TPSA) is 142 Å². The average molecular weight is 385 g/mol. The first-order valence-corrected chi connectivity index (χ1v) is 8.72. The number of phenolic OH excluding ortho intramolecular Hbond substituents is 1. The van der Waals surface area contributed by atoms with E-state index in [1.807, 2.05) is 30.3 Å². The summed E-state index contributed by atoms with van der Waals surface area (Å²) in [6, 6.07) is 13.5. The molecule has 0 aliphatic rings. The van der Waals surface area contributed by atoms with E-state index in [2.05, 4.69) is 10.6 Å². The number of aliphatic carboxylic acids is 1. The monoisotopic (exact) mass is 385 g/mol. The van der Waals surface area contributed by atoms with E-state index in [-0.39, 0.29) is 12.2 Å². The molecule has 0 radical (unpaired) electrons. The minimum Gasteiger partial charge on any atom is -0.508 e. The zero-order chi connectivity index (χ0) is 20.5. The summed E-state index contributed by atoms with van der Waals surface area (Å²) in [5, 5.41) is 23.0. The smallest absolute Gasteiger partial charge is 0.322 e. The van der Waals surface area contributed by atoms with Crippen LogP contribution in [0.15, 0.2) is 54.6 Å². The number of nitrogens with one attached hydrogen (secondary N) is 2. The maximum Gasteiger partial charge on any atom is 0.322 e. The van der Waals surface area contributed by atoms with Crippen molar-refractivity contribution < 1.29 is 24.6 Å². The second kappa shape index (κ2) is 10.1.